The molecular weight excluding hydrogens is 320 g/mol. The molecule has 0 saturated heterocycles. The summed E-state index contributed by atoms with van der Waals surface area (Å²) < 4.78 is 5.45. The standard InChI is InChI=1S/C16H21BrO3/c1-13-11-14(18)7-3-2-4-9-16(19)20-15(12-13)8-5-6-10-17/h5-6,8,10-11,15H,2-4,7,9,12H2,1H3/b8-5-,10-6+,13-11+/t15-/m0/s1. The van der Waals surface area contributed by atoms with E-state index in [9.17, 15) is 9.59 Å². The lowest BCUT2D eigenvalue weighted by Gasteiger charge is -2.15. The predicted octanol–water partition coefficient (Wildman–Crippen LogP) is 4.23. The number of hydrogen-bond acceptors (Lipinski definition) is 3. The molecule has 0 saturated carbocycles. The third-order valence-corrected chi connectivity index (χ3v) is 3.33. The Bertz CT molecular complexity index is 421. The fourth-order valence-electron chi connectivity index (χ4n) is 2.08. The van der Waals surface area contributed by atoms with Crippen LogP contribution in [0, 0.1) is 0 Å². The first-order chi connectivity index (χ1) is 9.61. The van der Waals surface area contributed by atoms with Crippen LogP contribution in [-0.2, 0) is 14.3 Å². The maximum Gasteiger partial charge on any atom is 0.306 e. The zero-order chi connectivity index (χ0) is 14.8. The van der Waals surface area contributed by atoms with E-state index in [4.69, 9.17) is 4.74 Å². The van der Waals surface area contributed by atoms with Gasteiger partial charge in [-0.25, -0.2) is 0 Å². The lowest BCUT2D eigenvalue weighted by atomic mass is 10.0. The average molecular weight is 341 g/mol. The van der Waals surface area contributed by atoms with Gasteiger partial charge in [0.2, 0.25) is 0 Å². The smallest absolute Gasteiger partial charge is 0.306 e. The van der Waals surface area contributed by atoms with Gasteiger partial charge in [0, 0.05) is 19.3 Å². The molecule has 0 aromatic carbocycles. The fraction of sp³-hybridized carbons (Fsp3) is 0.500. The summed E-state index contributed by atoms with van der Waals surface area (Å²) in [6.07, 6.45) is 10.9. The molecule has 1 rings (SSSR count). The maximum atomic E-state index is 11.7. The van der Waals surface area contributed by atoms with E-state index in [1.807, 2.05) is 25.2 Å². The van der Waals surface area contributed by atoms with E-state index in [1.165, 1.54) is 0 Å². The van der Waals surface area contributed by atoms with Gasteiger partial charge in [-0.3, -0.25) is 9.59 Å². The van der Waals surface area contributed by atoms with E-state index in [-0.39, 0.29) is 17.9 Å². The molecule has 0 N–H and O–H groups in total. The molecule has 0 bridgehead atoms. The van der Waals surface area contributed by atoms with Gasteiger partial charge >= 0.3 is 5.97 Å². The Morgan fingerprint density at radius 2 is 1.95 bits per heavy atom. The Labute approximate surface area is 128 Å². The van der Waals surface area contributed by atoms with Crippen LogP contribution in [0.3, 0.4) is 0 Å². The van der Waals surface area contributed by atoms with Crippen molar-refractivity contribution >= 4 is 27.7 Å². The number of cyclic esters (lactones) is 1. The lowest BCUT2D eigenvalue weighted by Crippen LogP contribution is -2.17. The van der Waals surface area contributed by atoms with Crippen LogP contribution in [0.5, 0.6) is 0 Å². The molecule has 0 aliphatic carbocycles. The summed E-state index contributed by atoms with van der Waals surface area (Å²) in [5.74, 6) is -0.000319. The SMILES string of the molecule is C/C1=C\C(=O)CCCCCC(=O)O[C@@H](/C=C\C=C\Br)C1. The molecule has 1 atom stereocenters. The Morgan fingerprint density at radius 3 is 2.70 bits per heavy atom. The Balaban J connectivity index is 2.78. The zero-order valence-electron chi connectivity index (χ0n) is 11.8. The molecule has 0 aromatic rings. The van der Waals surface area contributed by atoms with Crippen molar-refractivity contribution in [3.63, 3.8) is 0 Å². The number of ketones is 1. The summed E-state index contributed by atoms with van der Waals surface area (Å²) in [6.45, 7) is 1.90. The maximum absolute atomic E-state index is 11.7. The minimum atomic E-state index is -0.310. The van der Waals surface area contributed by atoms with Crippen molar-refractivity contribution in [2.75, 3.05) is 0 Å². The van der Waals surface area contributed by atoms with Crippen molar-refractivity contribution in [2.45, 2.75) is 51.6 Å². The zero-order valence-corrected chi connectivity index (χ0v) is 13.4. The summed E-state index contributed by atoms with van der Waals surface area (Å²) in [5, 5.41) is 0. The largest absolute Gasteiger partial charge is 0.458 e. The van der Waals surface area contributed by atoms with Gasteiger partial charge in [0.05, 0.1) is 0 Å². The lowest BCUT2D eigenvalue weighted by molar-refractivity contribution is -0.146. The molecule has 1 heterocycles. The molecule has 0 aromatic heterocycles. The molecule has 20 heavy (non-hydrogen) atoms. The number of esters is 1. The Morgan fingerprint density at radius 1 is 1.20 bits per heavy atom. The molecule has 0 radical (unpaired) electrons. The van der Waals surface area contributed by atoms with Crippen molar-refractivity contribution in [2.24, 2.45) is 0 Å². The highest BCUT2D eigenvalue weighted by atomic mass is 79.9. The van der Waals surface area contributed by atoms with Crippen molar-refractivity contribution < 1.29 is 14.3 Å². The minimum absolute atomic E-state index is 0.164. The van der Waals surface area contributed by atoms with Crippen molar-refractivity contribution in [3.8, 4) is 0 Å². The third kappa shape index (κ3) is 7.43. The average Bonchev–Trinajstić information content (AvgIpc) is 2.37. The molecule has 0 fully saturated rings. The van der Waals surface area contributed by atoms with Gasteiger partial charge in [-0.15, -0.1) is 0 Å². The number of hydrogen-bond donors (Lipinski definition) is 0. The number of carbonyl (C=O) groups is 2. The number of ether oxygens (including phenoxy) is 1. The van der Waals surface area contributed by atoms with Gasteiger partial charge in [0.1, 0.15) is 6.10 Å². The molecular formula is C16H21BrO3. The van der Waals surface area contributed by atoms with E-state index in [2.05, 4.69) is 15.9 Å². The van der Waals surface area contributed by atoms with Gasteiger partial charge in [-0.1, -0.05) is 40.1 Å². The number of allylic oxidation sites excluding steroid dienone is 3. The second-order valence-corrected chi connectivity index (χ2v) is 5.48. The monoisotopic (exact) mass is 340 g/mol. The fourth-order valence-corrected chi connectivity index (χ4v) is 2.25. The molecule has 0 spiro atoms. The second kappa shape index (κ2) is 9.70. The van der Waals surface area contributed by atoms with Crippen LogP contribution in [0.15, 0.2) is 34.9 Å². The van der Waals surface area contributed by atoms with Gasteiger partial charge in [0.25, 0.3) is 0 Å². The van der Waals surface area contributed by atoms with Crippen LogP contribution in [0.25, 0.3) is 0 Å². The van der Waals surface area contributed by atoms with Crippen LogP contribution < -0.4 is 0 Å². The van der Waals surface area contributed by atoms with Crippen LogP contribution in [0.2, 0.25) is 0 Å². The summed E-state index contributed by atoms with van der Waals surface area (Å²) in [7, 11) is 0. The predicted molar refractivity (Wildman–Crippen MR) is 83.6 cm³/mol. The number of carbonyl (C=O) groups excluding carboxylic acids is 2. The first-order valence-electron chi connectivity index (χ1n) is 6.95. The molecule has 1 aliphatic heterocycles. The van der Waals surface area contributed by atoms with Gasteiger partial charge in [0.15, 0.2) is 5.78 Å². The molecule has 110 valence electrons. The first kappa shape index (κ1) is 16.9. The second-order valence-electron chi connectivity index (χ2n) is 4.95. The van der Waals surface area contributed by atoms with Crippen molar-refractivity contribution in [3.05, 3.63) is 34.9 Å². The van der Waals surface area contributed by atoms with E-state index in [1.54, 1.807) is 11.1 Å². The van der Waals surface area contributed by atoms with E-state index in [0.29, 0.717) is 19.3 Å². The molecule has 0 amide bonds. The highest BCUT2D eigenvalue weighted by Crippen LogP contribution is 2.15. The first-order valence-corrected chi connectivity index (χ1v) is 7.86. The topological polar surface area (TPSA) is 43.4 Å². The summed E-state index contributed by atoms with van der Waals surface area (Å²) in [5.41, 5.74) is 0.945. The van der Waals surface area contributed by atoms with Crippen molar-refractivity contribution in [1.82, 2.24) is 0 Å². The molecule has 1 aliphatic rings. The molecule has 4 heteroatoms. The van der Waals surface area contributed by atoms with E-state index < -0.39 is 0 Å². The molecule has 3 nitrogen and oxygen atoms in total. The number of halogens is 1. The summed E-state index contributed by atoms with van der Waals surface area (Å²) in [6, 6.07) is 0. The van der Waals surface area contributed by atoms with Crippen LogP contribution in [0.1, 0.15) is 45.4 Å². The van der Waals surface area contributed by atoms with Gasteiger partial charge in [-0.05, 0) is 36.9 Å². The van der Waals surface area contributed by atoms with E-state index in [0.717, 1.165) is 24.8 Å². The highest BCUT2D eigenvalue weighted by Gasteiger charge is 2.13. The normalized spacial score (nSPS) is 25.9. The Hall–Kier alpha value is -1.16. The van der Waals surface area contributed by atoms with Gasteiger partial charge < -0.3 is 4.74 Å². The summed E-state index contributed by atoms with van der Waals surface area (Å²) in [4.78, 5) is 25.2. The minimum Gasteiger partial charge on any atom is -0.458 e. The van der Waals surface area contributed by atoms with Crippen LogP contribution in [0.4, 0.5) is 0 Å². The number of rotatable bonds is 2. The Kier molecular flexibility index (Phi) is 8.19. The highest BCUT2D eigenvalue weighted by molar-refractivity contribution is 9.11. The van der Waals surface area contributed by atoms with Gasteiger partial charge in [-0.2, -0.15) is 0 Å². The van der Waals surface area contributed by atoms with E-state index >= 15 is 0 Å². The quantitative estimate of drug-likeness (QED) is 0.558. The molecule has 0 unspecified atom stereocenters. The summed E-state index contributed by atoms with van der Waals surface area (Å²) >= 11 is 3.18. The van der Waals surface area contributed by atoms with Crippen LogP contribution in [-0.4, -0.2) is 17.9 Å². The van der Waals surface area contributed by atoms with Crippen molar-refractivity contribution in [1.29, 1.82) is 0 Å². The van der Waals surface area contributed by atoms with Crippen LogP contribution >= 0.6 is 15.9 Å². The third-order valence-electron chi connectivity index (χ3n) is 3.03.